The van der Waals surface area contributed by atoms with Crippen molar-refractivity contribution in [3.63, 3.8) is 0 Å². The van der Waals surface area contributed by atoms with Crippen molar-refractivity contribution < 1.29 is 18.7 Å². The fraction of sp³-hybridized carbons (Fsp3) is 0.238. The number of rotatable bonds is 9. The van der Waals surface area contributed by atoms with Gasteiger partial charge in [-0.2, -0.15) is 0 Å². The van der Waals surface area contributed by atoms with E-state index in [2.05, 4.69) is 0 Å². The molecule has 0 unspecified atom stereocenters. The van der Waals surface area contributed by atoms with Gasteiger partial charge in [0.05, 0.1) is 12.8 Å². The van der Waals surface area contributed by atoms with E-state index < -0.39 is 6.10 Å². The van der Waals surface area contributed by atoms with Gasteiger partial charge >= 0.3 is 0 Å². The predicted octanol–water partition coefficient (Wildman–Crippen LogP) is 4.51. The molecule has 0 aliphatic carbocycles. The Morgan fingerprint density at radius 3 is 2.52 bits per heavy atom. The second-order valence-electron chi connectivity index (χ2n) is 6.26. The molecule has 1 heterocycles. The van der Waals surface area contributed by atoms with Crippen LogP contribution in [0.4, 0.5) is 4.39 Å². The number of aliphatic hydroxyl groups is 1. The highest BCUT2D eigenvalue weighted by Gasteiger charge is 2.16. The predicted molar refractivity (Wildman–Crippen MR) is 102 cm³/mol. The molecule has 0 spiro atoms. The molecule has 0 saturated carbocycles. The van der Waals surface area contributed by atoms with Gasteiger partial charge in [0, 0.05) is 23.7 Å². The molecular formula is C21H21ClFNO3. The molecule has 0 radical (unpaired) electrons. The molecule has 0 amide bonds. The molecule has 1 atom stereocenters. The van der Waals surface area contributed by atoms with Gasteiger partial charge in [0.15, 0.2) is 0 Å². The van der Waals surface area contributed by atoms with Gasteiger partial charge < -0.3 is 14.3 Å². The van der Waals surface area contributed by atoms with Crippen LogP contribution in [-0.4, -0.2) is 29.3 Å². The first-order chi connectivity index (χ1) is 13.1. The molecule has 0 saturated heterocycles. The second-order valence-corrected chi connectivity index (χ2v) is 6.70. The Morgan fingerprint density at radius 1 is 1.04 bits per heavy atom. The van der Waals surface area contributed by atoms with Crippen LogP contribution in [0.25, 0.3) is 0 Å². The van der Waals surface area contributed by atoms with Gasteiger partial charge in [0.25, 0.3) is 0 Å². The maximum absolute atomic E-state index is 14.0. The molecule has 0 bridgehead atoms. The number of hydrogen-bond donors (Lipinski definition) is 1. The minimum atomic E-state index is -0.748. The quantitative estimate of drug-likeness (QED) is 0.584. The zero-order valence-corrected chi connectivity index (χ0v) is 15.5. The molecule has 0 aliphatic rings. The highest BCUT2D eigenvalue weighted by Crippen LogP contribution is 2.17. The molecule has 3 rings (SSSR count). The molecule has 142 valence electrons. The molecule has 0 aliphatic heterocycles. The lowest BCUT2D eigenvalue weighted by Crippen LogP contribution is -2.35. The average molecular weight is 390 g/mol. The molecule has 4 nitrogen and oxygen atoms in total. The number of furan rings is 1. The summed E-state index contributed by atoms with van der Waals surface area (Å²) in [7, 11) is 0. The van der Waals surface area contributed by atoms with Gasteiger partial charge in [-0.25, -0.2) is 4.39 Å². The van der Waals surface area contributed by atoms with Gasteiger partial charge in [0.2, 0.25) is 0 Å². The number of aliphatic hydroxyl groups excluding tert-OH is 1. The molecule has 1 aromatic heterocycles. The van der Waals surface area contributed by atoms with E-state index in [-0.39, 0.29) is 12.4 Å². The standard InChI is InChI=1S/C21H21ClFNO3/c22-17-7-9-19(10-8-17)27-15-18(25)13-24(14-20-5-3-11-26-20)12-16-4-1-2-6-21(16)23/h1-11,18,25H,12-15H2/t18-/m1/s1. The van der Waals surface area contributed by atoms with E-state index in [1.807, 2.05) is 11.0 Å². The Morgan fingerprint density at radius 2 is 1.81 bits per heavy atom. The molecular weight excluding hydrogens is 369 g/mol. The fourth-order valence-electron chi connectivity index (χ4n) is 2.75. The van der Waals surface area contributed by atoms with Crippen molar-refractivity contribution in [3.05, 3.63) is 89.1 Å². The first-order valence-corrected chi connectivity index (χ1v) is 9.02. The average Bonchev–Trinajstić information content (AvgIpc) is 3.16. The summed E-state index contributed by atoms with van der Waals surface area (Å²) in [6.07, 6.45) is 0.846. The van der Waals surface area contributed by atoms with E-state index >= 15 is 0 Å². The molecule has 1 N–H and O–H groups in total. The Balaban J connectivity index is 1.61. The SMILES string of the molecule is O[C@@H](COc1ccc(Cl)cc1)CN(Cc1ccco1)Cc1ccccc1F. The van der Waals surface area contributed by atoms with Crippen molar-refractivity contribution >= 4 is 11.6 Å². The topological polar surface area (TPSA) is 45.8 Å². The van der Waals surface area contributed by atoms with Crippen LogP contribution in [0.2, 0.25) is 5.02 Å². The number of nitrogens with zero attached hydrogens (tertiary/aromatic N) is 1. The number of halogens is 2. The van der Waals surface area contributed by atoms with Crippen molar-refractivity contribution in [2.75, 3.05) is 13.2 Å². The van der Waals surface area contributed by atoms with E-state index in [0.29, 0.717) is 36.0 Å². The third-order valence-corrected chi connectivity index (χ3v) is 4.29. The van der Waals surface area contributed by atoms with Gasteiger partial charge in [0.1, 0.15) is 30.0 Å². The second kappa shape index (κ2) is 9.55. The molecule has 6 heteroatoms. The van der Waals surface area contributed by atoms with E-state index in [1.165, 1.54) is 6.07 Å². The first kappa shape index (κ1) is 19.4. The zero-order valence-electron chi connectivity index (χ0n) is 14.7. The lowest BCUT2D eigenvalue weighted by Gasteiger charge is -2.24. The maximum Gasteiger partial charge on any atom is 0.127 e. The molecule has 2 aromatic carbocycles. The van der Waals surface area contributed by atoms with E-state index in [1.54, 1.807) is 54.8 Å². The summed E-state index contributed by atoms with van der Waals surface area (Å²) < 4.78 is 25.0. The summed E-state index contributed by atoms with van der Waals surface area (Å²) in [5.74, 6) is 1.11. The van der Waals surface area contributed by atoms with Crippen LogP contribution in [0.15, 0.2) is 71.3 Å². The van der Waals surface area contributed by atoms with Crippen LogP contribution in [0, 0.1) is 5.82 Å². The summed E-state index contributed by atoms with van der Waals surface area (Å²) >= 11 is 5.85. The summed E-state index contributed by atoms with van der Waals surface area (Å²) in [5, 5.41) is 11.0. The minimum Gasteiger partial charge on any atom is -0.491 e. The lowest BCUT2D eigenvalue weighted by molar-refractivity contribution is 0.0601. The molecule has 27 heavy (non-hydrogen) atoms. The Hall–Kier alpha value is -2.34. The smallest absolute Gasteiger partial charge is 0.127 e. The van der Waals surface area contributed by atoms with Crippen LogP contribution in [0.5, 0.6) is 5.75 Å². The Bertz CT molecular complexity index is 824. The largest absolute Gasteiger partial charge is 0.491 e. The van der Waals surface area contributed by atoms with Crippen molar-refractivity contribution in [2.24, 2.45) is 0 Å². The lowest BCUT2D eigenvalue weighted by atomic mass is 10.2. The van der Waals surface area contributed by atoms with Crippen LogP contribution < -0.4 is 4.74 Å². The number of hydrogen-bond acceptors (Lipinski definition) is 4. The third-order valence-electron chi connectivity index (χ3n) is 4.04. The van der Waals surface area contributed by atoms with E-state index in [9.17, 15) is 9.50 Å². The van der Waals surface area contributed by atoms with Gasteiger partial charge in [-0.15, -0.1) is 0 Å². The maximum atomic E-state index is 14.0. The van der Waals surface area contributed by atoms with E-state index in [0.717, 1.165) is 5.76 Å². The summed E-state index contributed by atoms with van der Waals surface area (Å²) in [5.41, 5.74) is 0.565. The van der Waals surface area contributed by atoms with Crippen LogP contribution in [0.3, 0.4) is 0 Å². The zero-order chi connectivity index (χ0) is 19.1. The van der Waals surface area contributed by atoms with Crippen molar-refractivity contribution in [3.8, 4) is 5.75 Å². The molecule has 3 aromatic rings. The summed E-state index contributed by atoms with van der Waals surface area (Å²) in [6, 6.07) is 17.2. The minimum absolute atomic E-state index is 0.119. The number of ether oxygens (including phenoxy) is 1. The van der Waals surface area contributed by atoms with Crippen molar-refractivity contribution in [1.29, 1.82) is 0 Å². The van der Waals surface area contributed by atoms with Crippen LogP contribution >= 0.6 is 11.6 Å². The van der Waals surface area contributed by atoms with Crippen LogP contribution in [-0.2, 0) is 13.1 Å². The van der Waals surface area contributed by atoms with Gasteiger partial charge in [-0.1, -0.05) is 29.8 Å². The highest BCUT2D eigenvalue weighted by molar-refractivity contribution is 6.30. The molecule has 0 fully saturated rings. The van der Waals surface area contributed by atoms with Crippen molar-refractivity contribution in [2.45, 2.75) is 19.2 Å². The first-order valence-electron chi connectivity index (χ1n) is 8.65. The summed E-state index contributed by atoms with van der Waals surface area (Å²) in [4.78, 5) is 1.92. The summed E-state index contributed by atoms with van der Waals surface area (Å²) in [6.45, 7) is 1.24. The normalized spacial score (nSPS) is 12.3. The monoisotopic (exact) mass is 389 g/mol. The Labute approximate surface area is 162 Å². The number of benzene rings is 2. The van der Waals surface area contributed by atoms with Gasteiger partial charge in [-0.3, -0.25) is 4.90 Å². The Kier molecular flexibility index (Phi) is 6.87. The fourth-order valence-corrected chi connectivity index (χ4v) is 2.88. The third kappa shape index (κ3) is 6.10. The highest BCUT2D eigenvalue weighted by atomic mass is 35.5. The van der Waals surface area contributed by atoms with Crippen LogP contribution in [0.1, 0.15) is 11.3 Å². The van der Waals surface area contributed by atoms with Gasteiger partial charge in [-0.05, 0) is 42.5 Å². The van der Waals surface area contributed by atoms with E-state index in [4.69, 9.17) is 20.8 Å². The van der Waals surface area contributed by atoms with Crippen molar-refractivity contribution in [1.82, 2.24) is 4.90 Å².